The Morgan fingerprint density at radius 2 is 1.91 bits per heavy atom. The van der Waals surface area contributed by atoms with E-state index < -0.39 is 0 Å². The summed E-state index contributed by atoms with van der Waals surface area (Å²) in [6.45, 7) is 9.83. The molecule has 4 rings (SSSR count). The summed E-state index contributed by atoms with van der Waals surface area (Å²) in [5.41, 5.74) is 5.16. The fourth-order valence-corrected chi connectivity index (χ4v) is 5.44. The SMILES string of the molecule is Cc1[nH]c(C(=O)C(C)C(C)C(CO)c2cccc(Cl)c2)c(C)c1-c1ccnc(N2CCCCC2)n1. The number of benzene rings is 1. The van der Waals surface area contributed by atoms with Crippen LogP contribution < -0.4 is 4.90 Å². The van der Waals surface area contributed by atoms with E-state index in [2.05, 4.69) is 14.9 Å². The highest BCUT2D eigenvalue weighted by Gasteiger charge is 2.31. The first-order valence-corrected chi connectivity index (χ1v) is 12.9. The van der Waals surface area contributed by atoms with Crippen LogP contribution in [-0.2, 0) is 0 Å². The molecule has 1 aliphatic rings. The lowest BCUT2D eigenvalue weighted by Crippen LogP contribution is -2.31. The minimum absolute atomic E-state index is 0.0372. The number of Topliss-reactive ketones (excluding diaryl/α,β-unsaturated/α-hetero) is 1. The maximum Gasteiger partial charge on any atom is 0.225 e. The molecule has 1 saturated heterocycles. The average molecular weight is 495 g/mol. The summed E-state index contributed by atoms with van der Waals surface area (Å²) >= 11 is 6.18. The Kier molecular flexibility index (Phi) is 7.92. The number of aliphatic hydroxyl groups is 1. The molecule has 3 heterocycles. The van der Waals surface area contributed by atoms with Gasteiger partial charge in [-0.1, -0.05) is 37.6 Å². The predicted octanol–water partition coefficient (Wildman–Crippen LogP) is 5.96. The van der Waals surface area contributed by atoms with Crippen molar-refractivity contribution in [3.05, 3.63) is 64.1 Å². The summed E-state index contributed by atoms with van der Waals surface area (Å²) in [5, 5.41) is 10.8. The number of halogens is 1. The summed E-state index contributed by atoms with van der Waals surface area (Å²) in [7, 11) is 0. The van der Waals surface area contributed by atoms with Gasteiger partial charge in [-0.3, -0.25) is 4.79 Å². The molecule has 0 spiro atoms. The first kappa shape index (κ1) is 25.4. The van der Waals surface area contributed by atoms with Crippen LogP contribution in [0.4, 0.5) is 5.95 Å². The number of aromatic nitrogens is 3. The van der Waals surface area contributed by atoms with Crippen molar-refractivity contribution in [2.24, 2.45) is 11.8 Å². The number of carbonyl (C=O) groups excluding carboxylic acids is 1. The summed E-state index contributed by atoms with van der Waals surface area (Å²) in [5.74, 6) is 0.226. The third-order valence-corrected chi connectivity index (χ3v) is 7.77. The van der Waals surface area contributed by atoms with E-state index in [1.807, 2.05) is 58.0 Å². The van der Waals surface area contributed by atoms with Crippen LogP contribution in [0.5, 0.6) is 0 Å². The molecule has 1 fully saturated rings. The molecule has 0 bridgehead atoms. The van der Waals surface area contributed by atoms with Gasteiger partial charge in [0.2, 0.25) is 5.95 Å². The standard InChI is InChI=1S/C28H35ClN4O2/c1-17(23(16-34)21-9-8-10-22(29)15-21)18(2)27(35)26-19(3)25(20(4)31-26)24-11-12-30-28(32-24)33-13-6-5-7-14-33/h8-12,15,17-18,23,31,34H,5-7,13-14,16H2,1-4H3. The first-order chi connectivity index (χ1) is 16.8. The van der Waals surface area contributed by atoms with Gasteiger partial charge in [-0.05, 0) is 68.4 Å². The van der Waals surface area contributed by atoms with Crippen molar-refractivity contribution < 1.29 is 9.90 Å². The van der Waals surface area contributed by atoms with E-state index in [9.17, 15) is 9.90 Å². The zero-order valence-electron chi connectivity index (χ0n) is 21.0. The molecule has 0 aliphatic carbocycles. The number of aliphatic hydroxyl groups excluding tert-OH is 1. The van der Waals surface area contributed by atoms with Gasteiger partial charge in [0.1, 0.15) is 0 Å². The third kappa shape index (κ3) is 5.29. The smallest absolute Gasteiger partial charge is 0.225 e. The molecule has 1 aromatic carbocycles. The van der Waals surface area contributed by atoms with E-state index >= 15 is 0 Å². The van der Waals surface area contributed by atoms with Gasteiger partial charge in [0.15, 0.2) is 5.78 Å². The topological polar surface area (TPSA) is 82.1 Å². The number of hydrogen-bond donors (Lipinski definition) is 2. The van der Waals surface area contributed by atoms with Gasteiger partial charge < -0.3 is 15.0 Å². The van der Waals surface area contributed by atoms with E-state index in [1.54, 1.807) is 6.20 Å². The van der Waals surface area contributed by atoms with Gasteiger partial charge in [0.25, 0.3) is 0 Å². The Balaban J connectivity index is 1.60. The lowest BCUT2D eigenvalue weighted by atomic mass is 9.77. The third-order valence-electron chi connectivity index (χ3n) is 7.53. The number of H-pyrrole nitrogens is 1. The van der Waals surface area contributed by atoms with E-state index in [0.29, 0.717) is 10.7 Å². The minimum Gasteiger partial charge on any atom is -0.396 e. The summed E-state index contributed by atoms with van der Waals surface area (Å²) in [6, 6.07) is 9.43. The molecule has 7 heteroatoms. The molecule has 2 N–H and O–H groups in total. The molecule has 0 amide bonds. The van der Waals surface area contributed by atoms with Crippen LogP contribution in [0.25, 0.3) is 11.3 Å². The number of hydrogen-bond acceptors (Lipinski definition) is 5. The largest absolute Gasteiger partial charge is 0.396 e. The van der Waals surface area contributed by atoms with Crippen molar-refractivity contribution in [1.29, 1.82) is 0 Å². The Bertz CT molecular complexity index is 1190. The number of rotatable bonds is 8. The van der Waals surface area contributed by atoms with Crippen LogP contribution in [0.3, 0.4) is 0 Å². The maximum absolute atomic E-state index is 13.7. The molecule has 3 unspecified atom stereocenters. The zero-order valence-corrected chi connectivity index (χ0v) is 21.8. The summed E-state index contributed by atoms with van der Waals surface area (Å²) in [6.07, 6.45) is 5.38. The Morgan fingerprint density at radius 1 is 1.17 bits per heavy atom. The summed E-state index contributed by atoms with van der Waals surface area (Å²) in [4.78, 5) is 28.6. The minimum atomic E-state index is -0.301. The number of anilines is 1. The maximum atomic E-state index is 13.7. The molecular formula is C28H35ClN4O2. The van der Waals surface area contributed by atoms with Gasteiger partial charge in [-0.25, -0.2) is 9.97 Å². The molecule has 3 aromatic rings. The number of piperidine rings is 1. The van der Waals surface area contributed by atoms with Crippen LogP contribution in [0.15, 0.2) is 36.5 Å². The second kappa shape index (κ2) is 10.9. The Hall–Kier alpha value is -2.70. The molecule has 1 aliphatic heterocycles. The van der Waals surface area contributed by atoms with E-state index in [0.717, 1.165) is 60.0 Å². The van der Waals surface area contributed by atoms with E-state index in [4.69, 9.17) is 16.6 Å². The normalized spacial score (nSPS) is 16.7. The van der Waals surface area contributed by atoms with Gasteiger partial charge >= 0.3 is 0 Å². The highest BCUT2D eigenvalue weighted by Crippen LogP contribution is 2.35. The Morgan fingerprint density at radius 3 is 2.60 bits per heavy atom. The van der Waals surface area contributed by atoms with Crippen molar-refractivity contribution in [2.75, 3.05) is 24.6 Å². The van der Waals surface area contributed by atoms with Crippen LogP contribution in [0.2, 0.25) is 5.02 Å². The zero-order chi connectivity index (χ0) is 25.1. The van der Waals surface area contributed by atoms with Crippen molar-refractivity contribution in [2.45, 2.75) is 52.9 Å². The van der Waals surface area contributed by atoms with Gasteiger partial charge in [-0.2, -0.15) is 0 Å². The number of aromatic amines is 1. The quantitative estimate of drug-likeness (QED) is 0.377. The highest BCUT2D eigenvalue weighted by atomic mass is 35.5. The molecule has 0 radical (unpaired) electrons. The molecule has 35 heavy (non-hydrogen) atoms. The molecule has 186 valence electrons. The van der Waals surface area contributed by atoms with E-state index in [1.165, 1.54) is 6.42 Å². The average Bonchev–Trinajstić information content (AvgIpc) is 3.17. The molecule has 6 nitrogen and oxygen atoms in total. The lowest BCUT2D eigenvalue weighted by molar-refractivity contribution is 0.0857. The number of ketones is 1. The van der Waals surface area contributed by atoms with Crippen LogP contribution >= 0.6 is 11.6 Å². The number of aryl methyl sites for hydroxylation is 1. The molecular weight excluding hydrogens is 460 g/mol. The van der Waals surface area contributed by atoms with E-state index in [-0.39, 0.29) is 30.1 Å². The number of nitrogens with one attached hydrogen (secondary N) is 1. The van der Waals surface area contributed by atoms with Crippen LogP contribution in [-0.4, -0.2) is 45.5 Å². The van der Waals surface area contributed by atoms with Crippen molar-refractivity contribution in [3.63, 3.8) is 0 Å². The monoisotopic (exact) mass is 494 g/mol. The fourth-order valence-electron chi connectivity index (χ4n) is 5.24. The Labute approximate surface area is 212 Å². The summed E-state index contributed by atoms with van der Waals surface area (Å²) < 4.78 is 0. The predicted molar refractivity (Wildman–Crippen MR) is 141 cm³/mol. The highest BCUT2D eigenvalue weighted by molar-refractivity contribution is 6.30. The number of carbonyl (C=O) groups is 1. The lowest BCUT2D eigenvalue weighted by Gasteiger charge is -2.27. The van der Waals surface area contributed by atoms with Gasteiger partial charge in [-0.15, -0.1) is 0 Å². The second-order valence-corrected chi connectivity index (χ2v) is 10.2. The second-order valence-electron chi connectivity index (χ2n) is 9.77. The van der Waals surface area contributed by atoms with Crippen molar-refractivity contribution in [3.8, 4) is 11.3 Å². The molecule has 3 atom stereocenters. The van der Waals surface area contributed by atoms with Crippen LogP contribution in [0, 0.1) is 25.7 Å². The first-order valence-electron chi connectivity index (χ1n) is 12.5. The van der Waals surface area contributed by atoms with Gasteiger partial charge in [0.05, 0.1) is 18.0 Å². The van der Waals surface area contributed by atoms with Crippen molar-refractivity contribution in [1.82, 2.24) is 15.0 Å². The number of nitrogens with zero attached hydrogens (tertiary/aromatic N) is 3. The molecule has 2 aromatic heterocycles. The van der Waals surface area contributed by atoms with Crippen molar-refractivity contribution >= 4 is 23.3 Å². The van der Waals surface area contributed by atoms with Crippen LogP contribution in [0.1, 0.15) is 66.3 Å². The molecule has 0 saturated carbocycles. The van der Waals surface area contributed by atoms with Gasteiger partial charge in [0, 0.05) is 47.4 Å². The fraction of sp³-hybridized carbons (Fsp3) is 0.464.